The predicted octanol–water partition coefficient (Wildman–Crippen LogP) is 6.19. The summed E-state index contributed by atoms with van der Waals surface area (Å²) in [4.78, 5) is 8.93. The van der Waals surface area contributed by atoms with Gasteiger partial charge in [-0.05, 0) is 50.4 Å². The van der Waals surface area contributed by atoms with Gasteiger partial charge in [0, 0.05) is 41.8 Å². The molecule has 8 heteroatoms. The van der Waals surface area contributed by atoms with E-state index in [1.807, 2.05) is 31.1 Å². The fourth-order valence-electron chi connectivity index (χ4n) is 4.73. The van der Waals surface area contributed by atoms with Crippen molar-refractivity contribution in [3.63, 3.8) is 0 Å². The standard InChI is InChI=1S/C28H39N5OSSi/c1-20-17-30-23(18-29-20)21-8-10-22(11-9-21)28(12-13-28)25-32-31-24-16-27(5,35-15-14-33(24)25)19-34-36(6,7)26(2,3)4/h8-11,17-18H,12-16,19H2,1-7H3/t27-/m1/s1. The molecule has 0 spiro atoms. The topological polar surface area (TPSA) is 65.7 Å². The normalized spacial score (nSPS) is 21.6. The number of fused-ring (bicyclic) bond motifs is 1. The molecule has 1 atom stereocenters. The molecular weight excluding hydrogens is 482 g/mol. The molecule has 1 saturated carbocycles. The van der Waals surface area contributed by atoms with Crippen LogP contribution >= 0.6 is 11.8 Å². The van der Waals surface area contributed by atoms with E-state index < -0.39 is 8.32 Å². The number of rotatable bonds is 6. The molecule has 0 bridgehead atoms. The van der Waals surface area contributed by atoms with Crippen LogP contribution in [-0.4, -0.2) is 50.2 Å². The highest BCUT2D eigenvalue weighted by Crippen LogP contribution is 2.53. The van der Waals surface area contributed by atoms with Crippen molar-refractivity contribution in [1.29, 1.82) is 0 Å². The summed E-state index contributed by atoms with van der Waals surface area (Å²) in [6.45, 7) is 17.6. The van der Waals surface area contributed by atoms with E-state index in [0.29, 0.717) is 0 Å². The molecule has 2 aromatic heterocycles. The van der Waals surface area contributed by atoms with Crippen LogP contribution in [0.25, 0.3) is 11.3 Å². The fourth-order valence-corrected chi connectivity index (χ4v) is 7.09. The second-order valence-corrected chi connectivity index (χ2v) is 18.8. The van der Waals surface area contributed by atoms with Gasteiger partial charge in [-0.1, -0.05) is 45.0 Å². The van der Waals surface area contributed by atoms with Crippen LogP contribution in [0.4, 0.5) is 0 Å². The third-order valence-corrected chi connectivity index (χ3v) is 14.2. The highest BCUT2D eigenvalue weighted by atomic mass is 32.2. The zero-order chi connectivity index (χ0) is 25.8. The molecule has 36 heavy (non-hydrogen) atoms. The lowest BCUT2D eigenvalue weighted by molar-refractivity contribution is 0.252. The smallest absolute Gasteiger partial charge is 0.192 e. The van der Waals surface area contributed by atoms with E-state index in [1.165, 1.54) is 5.56 Å². The fraction of sp³-hybridized carbons (Fsp3) is 0.571. The van der Waals surface area contributed by atoms with Gasteiger partial charge in [-0.3, -0.25) is 9.97 Å². The summed E-state index contributed by atoms with van der Waals surface area (Å²) >= 11 is 2.03. The highest BCUT2D eigenvalue weighted by Gasteiger charge is 2.51. The van der Waals surface area contributed by atoms with Crippen LogP contribution in [-0.2, 0) is 22.8 Å². The van der Waals surface area contributed by atoms with Gasteiger partial charge < -0.3 is 8.99 Å². The zero-order valence-corrected chi connectivity index (χ0v) is 24.6. The predicted molar refractivity (Wildman–Crippen MR) is 150 cm³/mol. The second kappa shape index (κ2) is 9.06. The Balaban J connectivity index is 1.36. The average molecular weight is 522 g/mol. The van der Waals surface area contributed by atoms with Crippen molar-refractivity contribution in [1.82, 2.24) is 24.7 Å². The minimum atomic E-state index is -1.80. The summed E-state index contributed by atoms with van der Waals surface area (Å²) in [6, 6.07) is 8.82. The minimum Gasteiger partial charge on any atom is -0.415 e. The van der Waals surface area contributed by atoms with Crippen LogP contribution in [0.3, 0.4) is 0 Å². The molecule has 0 amide bonds. The van der Waals surface area contributed by atoms with Crippen molar-refractivity contribution in [3.8, 4) is 11.3 Å². The molecule has 1 aromatic carbocycles. The number of nitrogens with zero attached hydrogens (tertiary/aromatic N) is 5. The molecule has 1 aliphatic carbocycles. The number of benzene rings is 1. The molecule has 3 heterocycles. The second-order valence-electron chi connectivity index (χ2n) is 12.3. The van der Waals surface area contributed by atoms with Gasteiger partial charge in [0.05, 0.1) is 23.0 Å². The number of thioether (sulfide) groups is 1. The molecular formula is C28H39N5OSSi. The molecule has 0 radical (unpaired) electrons. The maximum atomic E-state index is 6.67. The number of hydrogen-bond acceptors (Lipinski definition) is 6. The van der Waals surface area contributed by atoms with E-state index in [4.69, 9.17) is 14.6 Å². The van der Waals surface area contributed by atoms with Gasteiger partial charge in [0.1, 0.15) is 11.6 Å². The maximum Gasteiger partial charge on any atom is 0.192 e. The Kier molecular flexibility index (Phi) is 6.45. The maximum absolute atomic E-state index is 6.67. The Morgan fingerprint density at radius 3 is 2.39 bits per heavy atom. The Hall–Kier alpha value is -2.03. The molecule has 5 rings (SSSR count). The molecule has 6 nitrogen and oxygen atoms in total. The molecule has 0 unspecified atom stereocenters. The van der Waals surface area contributed by atoms with Crippen LogP contribution in [0.1, 0.15) is 63.4 Å². The summed E-state index contributed by atoms with van der Waals surface area (Å²) in [7, 11) is -1.80. The van der Waals surface area contributed by atoms with Gasteiger partial charge in [-0.2, -0.15) is 11.8 Å². The summed E-state index contributed by atoms with van der Waals surface area (Å²) in [5, 5.41) is 9.77. The zero-order valence-electron chi connectivity index (χ0n) is 22.8. The number of hydrogen-bond donors (Lipinski definition) is 0. The van der Waals surface area contributed by atoms with Crippen molar-refractivity contribution < 1.29 is 4.43 Å². The SMILES string of the molecule is Cc1cnc(-c2ccc(C3(c4nnc5n4CCS[C@@](C)(CO[Si](C)(C)C(C)(C)C)C5)CC3)cc2)cn1. The molecule has 1 aliphatic heterocycles. The van der Waals surface area contributed by atoms with Gasteiger partial charge >= 0.3 is 0 Å². The van der Waals surface area contributed by atoms with Crippen LogP contribution in [0.5, 0.6) is 0 Å². The Bertz CT molecular complexity index is 1230. The first-order chi connectivity index (χ1) is 16.9. The lowest BCUT2D eigenvalue weighted by Crippen LogP contribution is -2.45. The lowest BCUT2D eigenvalue weighted by Gasteiger charge is -2.39. The number of aryl methyl sites for hydroxylation is 1. The summed E-state index contributed by atoms with van der Waals surface area (Å²) in [5.41, 5.74) is 4.23. The van der Waals surface area contributed by atoms with E-state index in [2.05, 4.69) is 79.6 Å². The third kappa shape index (κ3) is 4.79. The van der Waals surface area contributed by atoms with Crippen LogP contribution in [0.15, 0.2) is 36.7 Å². The van der Waals surface area contributed by atoms with Gasteiger partial charge in [-0.25, -0.2) is 0 Å². The first kappa shape index (κ1) is 25.6. The minimum absolute atomic E-state index is 0.0154. The van der Waals surface area contributed by atoms with E-state index in [9.17, 15) is 0 Å². The van der Waals surface area contributed by atoms with Crippen molar-refractivity contribution in [2.45, 2.75) is 88.7 Å². The van der Waals surface area contributed by atoms with Crippen LogP contribution < -0.4 is 0 Å². The monoisotopic (exact) mass is 521 g/mol. The van der Waals surface area contributed by atoms with Gasteiger partial charge in [0.25, 0.3) is 0 Å². The summed E-state index contributed by atoms with van der Waals surface area (Å²) in [5.74, 6) is 3.29. The molecule has 0 N–H and O–H groups in total. The summed E-state index contributed by atoms with van der Waals surface area (Å²) in [6.07, 6.45) is 6.79. The summed E-state index contributed by atoms with van der Waals surface area (Å²) < 4.78 is 9.10. The van der Waals surface area contributed by atoms with Crippen molar-refractivity contribution in [3.05, 3.63) is 59.6 Å². The van der Waals surface area contributed by atoms with E-state index in [-0.39, 0.29) is 15.2 Å². The Morgan fingerprint density at radius 1 is 1.06 bits per heavy atom. The Morgan fingerprint density at radius 2 is 1.78 bits per heavy atom. The van der Waals surface area contributed by atoms with Gasteiger partial charge in [0.2, 0.25) is 0 Å². The molecule has 2 aliphatic rings. The van der Waals surface area contributed by atoms with Crippen molar-refractivity contribution in [2.24, 2.45) is 0 Å². The Labute approximate surface area is 220 Å². The third-order valence-electron chi connectivity index (χ3n) is 8.36. The first-order valence-corrected chi connectivity index (χ1v) is 16.9. The lowest BCUT2D eigenvalue weighted by atomic mass is 9.93. The number of aromatic nitrogens is 5. The van der Waals surface area contributed by atoms with Gasteiger partial charge in [-0.15, -0.1) is 10.2 Å². The van der Waals surface area contributed by atoms with Crippen LogP contribution in [0.2, 0.25) is 18.1 Å². The average Bonchev–Trinajstić information content (AvgIpc) is 3.57. The first-order valence-electron chi connectivity index (χ1n) is 13.0. The van der Waals surface area contributed by atoms with E-state index in [1.54, 1.807) is 0 Å². The largest absolute Gasteiger partial charge is 0.415 e. The molecule has 0 saturated heterocycles. The van der Waals surface area contributed by atoms with E-state index in [0.717, 1.165) is 66.8 Å². The highest BCUT2D eigenvalue weighted by molar-refractivity contribution is 8.00. The molecule has 192 valence electrons. The van der Waals surface area contributed by atoms with Crippen molar-refractivity contribution >= 4 is 20.1 Å². The van der Waals surface area contributed by atoms with Crippen molar-refractivity contribution in [2.75, 3.05) is 12.4 Å². The van der Waals surface area contributed by atoms with Crippen LogP contribution in [0, 0.1) is 6.92 Å². The van der Waals surface area contributed by atoms with E-state index >= 15 is 0 Å². The quantitative estimate of drug-likeness (QED) is 0.360. The molecule has 1 fully saturated rings. The van der Waals surface area contributed by atoms with Gasteiger partial charge in [0.15, 0.2) is 8.32 Å². The molecule has 3 aromatic rings.